The van der Waals surface area contributed by atoms with Crippen LogP contribution in [0.5, 0.6) is 5.75 Å². The van der Waals surface area contributed by atoms with Gasteiger partial charge < -0.3 is 4.74 Å². The highest BCUT2D eigenvalue weighted by molar-refractivity contribution is 9.10. The lowest BCUT2D eigenvalue weighted by atomic mass is 10.0. The van der Waals surface area contributed by atoms with E-state index in [4.69, 9.17) is 15.4 Å². The van der Waals surface area contributed by atoms with Gasteiger partial charge in [-0.1, -0.05) is 22.0 Å². The number of fused-ring (bicyclic) bond motifs is 1. The molecule has 2 rings (SSSR count). The van der Waals surface area contributed by atoms with Crippen molar-refractivity contribution in [1.82, 2.24) is 0 Å². The molecule has 0 unspecified atom stereocenters. The Balaban J connectivity index is 2.66. The quantitative estimate of drug-likeness (QED) is 0.736. The average Bonchev–Trinajstić information content (AvgIpc) is 2.12. The molecule has 0 atom stereocenters. The van der Waals surface area contributed by atoms with Gasteiger partial charge >= 0.3 is 0 Å². The second-order valence-electron chi connectivity index (χ2n) is 4.24. The van der Waals surface area contributed by atoms with Crippen molar-refractivity contribution in [3.05, 3.63) is 33.1 Å². The standard InChI is InChI=1S/C11H10BrClO3S/c1-11(2)10(17(13,14)15)5-7-3-4-8(12)6-9(7)16-11/h3-6H,1-2H3. The summed E-state index contributed by atoms with van der Waals surface area (Å²) in [6.07, 6.45) is 1.55. The van der Waals surface area contributed by atoms with Crippen molar-refractivity contribution in [2.24, 2.45) is 0 Å². The first-order valence-electron chi connectivity index (χ1n) is 4.85. The van der Waals surface area contributed by atoms with Crippen LogP contribution in [0.15, 0.2) is 27.6 Å². The van der Waals surface area contributed by atoms with Gasteiger partial charge in [0.2, 0.25) is 0 Å². The van der Waals surface area contributed by atoms with Crippen LogP contribution in [0.1, 0.15) is 19.4 Å². The van der Waals surface area contributed by atoms with Gasteiger partial charge in [0.05, 0.1) is 0 Å². The van der Waals surface area contributed by atoms with Crippen LogP contribution in [0, 0.1) is 0 Å². The van der Waals surface area contributed by atoms with E-state index in [-0.39, 0.29) is 4.91 Å². The third-order valence-corrected chi connectivity index (χ3v) is 4.61. The molecule has 0 saturated heterocycles. The highest BCUT2D eigenvalue weighted by atomic mass is 79.9. The van der Waals surface area contributed by atoms with E-state index in [0.29, 0.717) is 11.3 Å². The molecule has 1 aliphatic rings. The Hall–Kier alpha value is -0.520. The lowest BCUT2D eigenvalue weighted by Crippen LogP contribution is -2.35. The Kier molecular flexibility index (Phi) is 3.04. The second kappa shape index (κ2) is 4.00. The van der Waals surface area contributed by atoms with E-state index in [0.717, 1.165) is 4.47 Å². The fraction of sp³-hybridized carbons (Fsp3) is 0.273. The number of benzene rings is 1. The van der Waals surface area contributed by atoms with E-state index < -0.39 is 14.7 Å². The fourth-order valence-electron chi connectivity index (χ4n) is 1.72. The van der Waals surface area contributed by atoms with Gasteiger partial charge in [0.15, 0.2) is 0 Å². The van der Waals surface area contributed by atoms with Crippen molar-refractivity contribution >= 4 is 41.7 Å². The molecule has 6 heteroatoms. The molecule has 1 heterocycles. The van der Waals surface area contributed by atoms with Crippen molar-refractivity contribution in [3.8, 4) is 5.75 Å². The van der Waals surface area contributed by atoms with Crippen LogP contribution < -0.4 is 4.74 Å². The van der Waals surface area contributed by atoms with Crippen molar-refractivity contribution in [1.29, 1.82) is 0 Å². The molecule has 0 saturated carbocycles. The molecule has 3 nitrogen and oxygen atoms in total. The summed E-state index contributed by atoms with van der Waals surface area (Å²) in [5, 5.41) is 0. The SMILES string of the molecule is CC1(C)Oc2cc(Br)ccc2C=C1S(=O)(=O)Cl. The largest absolute Gasteiger partial charge is 0.482 e. The van der Waals surface area contributed by atoms with Gasteiger partial charge in [-0.3, -0.25) is 0 Å². The number of halogens is 2. The van der Waals surface area contributed by atoms with Crippen LogP contribution in [0.4, 0.5) is 0 Å². The molecule has 0 aliphatic carbocycles. The monoisotopic (exact) mass is 336 g/mol. The molecular formula is C11H10BrClO3S. The molecule has 0 radical (unpaired) electrons. The van der Waals surface area contributed by atoms with Crippen molar-refractivity contribution < 1.29 is 13.2 Å². The van der Waals surface area contributed by atoms with Crippen LogP contribution in [-0.4, -0.2) is 14.0 Å². The normalized spacial score (nSPS) is 18.0. The van der Waals surface area contributed by atoms with E-state index >= 15 is 0 Å². The predicted molar refractivity (Wildman–Crippen MR) is 71.6 cm³/mol. The molecule has 1 aliphatic heterocycles. The zero-order chi connectivity index (χ0) is 12.8. The molecule has 1 aromatic carbocycles. The summed E-state index contributed by atoms with van der Waals surface area (Å²) >= 11 is 3.34. The number of hydrogen-bond acceptors (Lipinski definition) is 3. The first-order chi connectivity index (χ1) is 7.70. The smallest absolute Gasteiger partial charge is 0.261 e. The third kappa shape index (κ3) is 2.51. The predicted octanol–water partition coefficient (Wildman–Crippen LogP) is 3.53. The maximum atomic E-state index is 11.5. The minimum absolute atomic E-state index is 0.0708. The van der Waals surface area contributed by atoms with Gasteiger partial charge in [0, 0.05) is 20.7 Å². The first kappa shape index (κ1) is 12.9. The Morgan fingerprint density at radius 1 is 1.35 bits per heavy atom. The van der Waals surface area contributed by atoms with Crippen LogP contribution in [0.3, 0.4) is 0 Å². The zero-order valence-corrected chi connectivity index (χ0v) is 12.4. The minimum Gasteiger partial charge on any atom is -0.482 e. The average molecular weight is 338 g/mol. The van der Waals surface area contributed by atoms with Crippen LogP contribution in [0.25, 0.3) is 6.08 Å². The van der Waals surface area contributed by atoms with Gasteiger partial charge in [-0.15, -0.1) is 0 Å². The first-order valence-corrected chi connectivity index (χ1v) is 7.96. The number of hydrogen-bond donors (Lipinski definition) is 0. The molecule has 1 aromatic rings. The fourth-order valence-corrected chi connectivity index (χ4v) is 3.65. The van der Waals surface area contributed by atoms with Gasteiger partial charge in [-0.25, -0.2) is 8.42 Å². The van der Waals surface area contributed by atoms with E-state index in [1.165, 1.54) is 0 Å². The minimum atomic E-state index is -3.79. The van der Waals surface area contributed by atoms with Crippen molar-refractivity contribution in [2.75, 3.05) is 0 Å². The molecule has 0 aromatic heterocycles. The molecule has 0 spiro atoms. The third-order valence-electron chi connectivity index (χ3n) is 2.48. The molecule has 92 valence electrons. The van der Waals surface area contributed by atoms with Gasteiger partial charge in [-0.2, -0.15) is 0 Å². The highest BCUT2D eigenvalue weighted by Gasteiger charge is 2.37. The summed E-state index contributed by atoms with van der Waals surface area (Å²) in [6.45, 7) is 3.34. The lowest BCUT2D eigenvalue weighted by molar-refractivity contribution is 0.153. The van der Waals surface area contributed by atoms with Gasteiger partial charge in [0.25, 0.3) is 9.05 Å². The lowest BCUT2D eigenvalue weighted by Gasteiger charge is -2.32. The van der Waals surface area contributed by atoms with E-state index in [2.05, 4.69) is 15.9 Å². The number of rotatable bonds is 1. The van der Waals surface area contributed by atoms with Crippen LogP contribution in [-0.2, 0) is 9.05 Å². The molecule has 0 bridgehead atoms. The zero-order valence-electron chi connectivity index (χ0n) is 9.20. The summed E-state index contributed by atoms with van der Waals surface area (Å²) in [5.41, 5.74) is -0.263. The summed E-state index contributed by atoms with van der Waals surface area (Å²) in [7, 11) is 1.62. The highest BCUT2D eigenvalue weighted by Crippen LogP contribution is 2.40. The van der Waals surface area contributed by atoms with Crippen LogP contribution in [0.2, 0.25) is 0 Å². The van der Waals surface area contributed by atoms with Crippen molar-refractivity contribution in [2.45, 2.75) is 19.4 Å². The molecule has 0 N–H and O–H groups in total. The number of ether oxygens (including phenoxy) is 1. The maximum Gasteiger partial charge on any atom is 0.261 e. The molecular weight excluding hydrogens is 328 g/mol. The Morgan fingerprint density at radius 2 is 2.00 bits per heavy atom. The van der Waals surface area contributed by atoms with Crippen LogP contribution >= 0.6 is 26.6 Å². The Bertz CT molecular complexity index is 605. The summed E-state index contributed by atoms with van der Waals surface area (Å²) < 4.78 is 29.5. The summed E-state index contributed by atoms with van der Waals surface area (Å²) in [4.78, 5) is 0.0708. The topological polar surface area (TPSA) is 43.4 Å². The second-order valence-corrected chi connectivity index (χ2v) is 7.69. The van der Waals surface area contributed by atoms with Gasteiger partial charge in [0.1, 0.15) is 16.3 Å². The summed E-state index contributed by atoms with van der Waals surface area (Å²) in [6, 6.07) is 5.39. The van der Waals surface area contributed by atoms with E-state index in [9.17, 15) is 8.42 Å². The maximum absolute atomic E-state index is 11.5. The van der Waals surface area contributed by atoms with Crippen molar-refractivity contribution in [3.63, 3.8) is 0 Å². The Morgan fingerprint density at radius 3 is 2.59 bits per heavy atom. The van der Waals surface area contributed by atoms with E-state index in [1.807, 2.05) is 6.07 Å². The molecule has 17 heavy (non-hydrogen) atoms. The Labute approximate surface area is 113 Å². The van der Waals surface area contributed by atoms with E-state index in [1.54, 1.807) is 32.1 Å². The molecule has 0 amide bonds. The molecule has 0 fully saturated rings. The summed E-state index contributed by atoms with van der Waals surface area (Å²) in [5.74, 6) is 0.633. The van der Waals surface area contributed by atoms with Gasteiger partial charge in [-0.05, 0) is 32.1 Å².